The van der Waals surface area contributed by atoms with Gasteiger partial charge in [-0.1, -0.05) is 12.1 Å². The van der Waals surface area contributed by atoms with Crippen molar-refractivity contribution in [2.24, 2.45) is 5.73 Å². The Bertz CT molecular complexity index is 496. The Labute approximate surface area is 101 Å². The van der Waals surface area contributed by atoms with E-state index in [1.807, 2.05) is 18.3 Å². The standard InChI is InChI=1S/C11H11BrFN3/c12-11-8(2-1-3-10(11)13)7-16-5-4-9(6-14)15-16/h1-5H,6-7,14H2. The molecule has 5 heteroatoms. The van der Waals surface area contributed by atoms with E-state index < -0.39 is 0 Å². The molecule has 0 bridgehead atoms. The molecule has 1 heterocycles. The highest BCUT2D eigenvalue weighted by atomic mass is 79.9. The Morgan fingerprint density at radius 1 is 1.38 bits per heavy atom. The van der Waals surface area contributed by atoms with Crippen molar-refractivity contribution >= 4 is 15.9 Å². The van der Waals surface area contributed by atoms with Crippen LogP contribution >= 0.6 is 15.9 Å². The predicted octanol–water partition coefficient (Wildman–Crippen LogP) is 2.29. The molecule has 0 aliphatic heterocycles. The second-order valence-corrected chi connectivity index (χ2v) is 4.21. The first-order valence-corrected chi connectivity index (χ1v) is 5.65. The maximum Gasteiger partial charge on any atom is 0.137 e. The minimum Gasteiger partial charge on any atom is -0.325 e. The van der Waals surface area contributed by atoms with Crippen LogP contribution in [0.5, 0.6) is 0 Å². The molecule has 0 spiro atoms. The fourth-order valence-electron chi connectivity index (χ4n) is 1.45. The number of aromatic nitrogens is 2. The molecule has 1 aromatic carbocycles. The molecule has 0 saturated carbocycles. The fourth-order valence-corrected chi connectivity index (χ4v) is 1.84. The van der Waals surface area contributed by atoms with Gasteiger partial charge in [0.2, 0.25) is 0 Å². The Morgan fingerprint density at radius 2 is 2.19 bits per heavy atom. The minimum absolute atomic E-state index is 0.260. The van der Waals surface area contributed by atoms with Gasteiger partial charge in [-0.25, -0.2) is 4.39 Å². The summed E-state index contributed by atoms with van der Waals surface area (Å²) < 4.78 is 15.5. The predicted molar refractivity (Wildman–Crippen MR) is 63.3 cm³/mol. The zero-order valence-corrected chi connectivity index (χ0v) is 10.1. The third-order valence-electron chi connectivity index (χ3n) is 2.27. The summed E-state index contributed by atoms with van der Waals surface area (Å²) in [6.07, 6.45) is 1.83. The van der Waals surface area contributed by atoms with Crippen LogP contribution in [-0.4, -0.2) is 9.78 Å². The van der Waals surface area contributed by atoms with Gasteiger partial charge in [0.15, 0.2) is 0 Å². The van der Waals surface area contributed by atoms with Crippen LogP contribution in [0, 0.1) is 5.82 Å². The van der Waals surface area contributed by atoms with E-state index in [1.54, 1.807) is 10.7 Å². The Kier molecular flexibility index (Phi) is 3.36. The molecular formula is C11H11BrFN3. The van der Waals surface area contributed by atoms with Gasteiger partial charge in [-0.2, -0.15) is 5.10 Å². The van der Waals surface area contributed by atoms with E-state index in [2.05, 4.69) is 21.0 Å². The number of hydrogen-bond acceptors (Lipinski definition) is 2. The topological polar surface area (TPSA) is 43.8 Å². The highest BCUT2D eigenvalue weighted by Crippen LogP contribution is 2.21. The van der Waals surface area contributed by atoms with Gasteiger partial charge in [0, 0.05) is 12.7 Å². The Morgan fingerprint density at radius 3 is 2.88 bits per heavy atom. The lowest BCUT2D eigenvalue weighted by Gasteiger charge is -2.05. The molecule has 0 aliphatic rings. The molecule has 2 rings (SSSR count). The monoisotopic (exact) mass is 283 g/mol. The van der Waals surface area contributed by atoms with Crippen LogP contribution < -0.4 is 5.73 Å². The van der Waals surface area contributed by atoms with Crippen LogP contribution in [0.4, 0.5) is 4.39 Å². The summed E-state index contributed by atoms with van der Waals surface area (Å²) in [7, 11) is 0. The zero-order chi connectivity index (χ0) is 11.5. The molecule has 0 fully saturated rings. The second kappa shape index (κ2) is 4.76. The van der Waals surface area contributed by atoms with Crippen molar-refractivity contribution in [3.8, 4) is 0 Å². The molecule has 84 valence electrons. The van der Waals surface area contributed by atoms with Crippen molar-refractivity contribution < 1.29 is 4.39 Å². The third-order valence-corrected chi connectivity index (χ3v) is 3.16. The maximum absolute atomic E-state index is 13.3. The number of rotatable bonds is 3. The van der Waals surface area contributed by atoms with Crippen LogP contribution in [0.25, 0.3) is 0 Å². The van der Waals surface area contributed by atoms with E-state index in [1.165, 1.54) is 6.07 Å². The smallest absolute Gasteiger partial charge is 0.137 e. The summed E-state index contributed by atoms with van der Waals surface area (Å²) in [6.45, 7) is 0.940. The Balaban J connectivity index is 2.23. The highest BCUT2D eigenvalue weighted by Gasteiger charge is 2.06. The lowest BCUT2D eigenvalue weighted by atomic mass is 10.2. The molecule has 1 aromatic heterocycles. The third kappa shape index (κ3) is 2.31. The lowest BCUT2D eigenvalue weighted by molar-refractivity contribution is 0.610. The molecule has 0 aliphatic carbocycles. The molecule has 0 atom stereocenters. The van der Waals surface area contributed by atoms with Gasteiger partial charge in [0.1, 0.15) is 5.82 Å². The first-order valence-electron chi connectivity index (χ1n) is 4.86. The number of nitrogens with zero attached hydrogens (tertiary/aromatic N) is 2. The molecule has 16 heavy (non-hydrogen) atoms. The summed E-state index contributed by atoms with van der Waals surface area (Å²) in [5.74, 6) is -0.260. The van der Waals surface area contributed by atoms with Crippen LogP contribution in [0.1, 0.15) is 11.3 Å². The molecule has 0 unspecified atom stereocenters. The molecule has 0 amide bonds. The largest absolute Gasteiger partial charge is 0.325 e. The van der Waals surface area contributed by atoms with Gasteiger partial charge >= 0.3 is 0 Å². The first-order chi connectivity index (χ1) is 7.70. The van der Waals surface area contributed by atoms with E-state index >= 15 is 0 Å². The summed E-state index contributed by atoms with van der Waals surface area (Å²) in [6, 6.07) is 6.81. The van der Waals surface area contributed by atoms with Crippen molar-refractivity contribution in [3.63, 3.8) is 0 Å². The molecule has 0 saturated heterocycles. The quantitative estimate of drug-likeness (QED) is 0.939. The van der Waals surface area contributed by atoms with E-state index in [9.17, 15) is 4.39 Å². The summed E-state index contributed by atoms with van der Waals surface area (Å²) in [5.41, 5.74) is 7.15. The van der Waals surface area contributed by atoms with E-state index in [0.29, 0.717) is 17.6 Å². The van der Waals surface area contributed by atoms with E-state index in [0.717, 1.165) is 11.3 Å². The maximum atomic E-state index is 13.3. The number of benzene rings is 1. The second-order valence-electron chi connectivity index (χ2n) is 3.42. The van der Waals surface area contributed by atoms with Crippen LogP contribution in [0.2, 0.25) is 0 Å². The van der Waals surface area contributed by atoms with Crippen molar-refractivity contribution in [3.05, 3.63) is 52.0 Å². The van der Waals surface area contributed by atoms with Crippen LogP contribution in [0.15, 0.2) is 34.9 Å². The molecule has 3 nitrogen and oxygen atoms in total. The van der Waals surface area contributed by atoms with Crippen molar-refractivity contribution in [2.45, 2.75) is 13.1 Å². The van der Waals surface area contributed by atoms with Gasteiger partial charge in [0.05, 0.1) is 16.7 Å². The first kappa shape index (κ1) is 11.3. The summed E-state index contributed by atoms with van der Waals surface area (Å²) >= 11 is 3.22. The SMILES string of the molecule is NCc1ccn(Cc2cccc(F)c2Br)n1. The fraction of sp³-hybridized carbons (Fsp3) is 0.182. The molecule has 0 radical (unpaired) electrons. The number of halogens is 2. The van der Waals surface area contributed by atoms with Gasteiger partial charge in [-0.15, -0.1) is 0 Å². The Hall–Kier alpha value is -1.20. The number of hydrogen-bond donors (Lipinski definition) is 1. The van der Waals surface area contributed by atoms with Crippen molar-refractivity contribution in [1.29, 1.82) is 0 Å². The highest BCUT2D eigenvalue weighted by molar-refractivity contribution is 9.10. The van der Waals surface area contributed by atoms with E-state index in [4.69, 9.17) is 5.73 Å². The van der Waals surface area contributed by atoms with Gasteiger partial charge in [-0.3, -0.25) is 4.68 Å². The number of nitrogens with two attached hydrogens (primary N) is 1. The van der Waals surface area contributed by atoms with Crippen molar-refractivity contribution in [2.75, 3.05) is 0 Å². The molecule has 2 aromatic rings. The summed E-state index contributed by atoms with van der Waals surface area (Å²) in [4.78, 5) is 0. The van der Waals surface area contributed by atoms with Crippen molar-refractivity contribution in [1.82, 2.24) is 9.78 Å². The summed E-state index contributed by atoms with van der Waals surface area (Å²) in [5, 5.41) is 4.24. The molecular weight excluding hydrogens is 273 g/mol. The average molecular weight is 284 g/mol. The minimum atomic E-state index is -0.260. The van der Waals surface area contributed by atoms with Crippen LogP contribution in [-0.2, 0) is 13.1 Å². The van der Waals surface area contributed by atoms with Crippen LogP contribution in [0.3, 0.4) is 0 Å². The lowest BCUT2D eigenvalue weighted by Crippen LogP contribution is -2.04. The van der Waals surface area contributed by atoms with Gasteiger partial charge in [0.25, 0.3) is 0 Å². The average Bonchev–Trinajstić information content (AvgIpc) is 2.73. The van der Waals surface area contributed by atoms with Gasteiger partial charge < -0.3 is 5.73 Å². The molecule has 2 N–H and O–H groups in total. The van der Waals surface area contributed by atoms with E-state index in [-0.39, 0.29) is 5.82 Å². The van der Waals surface area contributed by atoms with Gasteiger partial charge in [-0.05, 0) is 33.6 Å². The zero-order valence-electron chi connectivity index (χ0n) is 8.53. The normalized spacial score (nSPS) is 10.7.